The van der Waals surface area contributed by atoms with Crippen molar-refractivity contribution in [3.63, 3.8) is 0 Å². The molecule has 1 aromatic rings. The van der Waals surface area contributed by atoms with E-state index in [1.807, 2.05) is 0 Å². The van der Waals surface area contributed by atoms with E-state index in [-0.39, 0.29) is 29.6 Å². The highest BCUT2D eigenvalue weighted by molar-refractivity contribution is 5.92. The lowest BCUT2D eigenvalue weighted by molar-refractivity contribution is 0.0998. The van der Waals surface area contributed by atoms with Gasteiger partial charge in [0, 0.05) is 24.2 Å². The summed E-state index contributed by atoms with van der Waals surface area (Å²) in [5.41, 5.74) is 6.85. The Labute approximate surface area is 104 Å². The van der Waals surface area contributed by atoms with Crippen LogP contribution in [-0.2, 0) is 6.42 Å². The maximum absolute atomic E-state index is 11.6. The summed E-state index contributed by atoms with van der Waals surface area (Å²) in [4.78, 5) is 25.5. The minimum absolute atomic E-state index is 0. The largest absolute Gasteiger partial charge is 0.365 e. The third-order valence-electron chi connectivity index (χ3n) is 3.49. The molecule has 0 spiro atoms. The summed E-state index contributed by atoms with van der Waals surface area (Å²) in [6.07, 6.45) is 3.01. The van der Waals surface area contributed by atoms with Crippen LogP contribution in [0.3, 0.4) is 0 Å². The van der Waals surface area contributed by atoms with Crippen molar-refractivity contribution in [3.05, 3.63) is 33.2 Å². The summed E-state index contributed by atoms with van der Waals surface area (Å²) in [5.74, 6) is -0.663. The smallest absolute Gasteiger partial charge is 0.261 e. The number of rotatable bonds is 1. The van der Waals surface area contributed by atoms with Gasteiger partial charge in [-0.25, -0.2) is 0 Å². The summed E-state index contributed by atoms with van der Waals surface area (Å²) in [5, 5.41) is 3.46. The van der Waals surface area contributed by atoms with Crippen LogP contribution in [0.25, 0.3) is 0 Å². The Balaban J connectivity index is 0.00000108. The highest BCUT2D eigenvalue weighted by atomic mass is 35.5. The van der Waals surface area contributed by atoms with Crippen LogP contribution < -0.4 is 16.6 Å². The zero-order chi connectivity index (χ0) is 11.3. The molecule has 1 aromatic heterocycles. The molecule has 17 heavy (non-hydrogen) atoms. The van der Waals surface area contributed by atoms with Crippen molar-refractivity contribution < 1.29 is 4.79 Å². The number of halogens is 1. The Morgan fingerprint density at radius 1 is 1.41 bits per heavy atom. The fourth-order valence-corrected chi connectivity index (χ4v) is 2.72. The first-order valence-corrected chi connectivity index (χ1v) is 5.47. The van der Waals surface area contributed by atoms with E-state index in [0.717, 1.165) is 30.5 Å². The van der Waals surface area contributed by atoms with Crippen molar-refractivity contribution in [1.82, 2.24) is 10.3 Å². The van der Waals surface area contributed by atoms with Crippen LogP contribution >= 0.6 is 12.4 Å². The minimum atomic E-state index is -0.663. The summed E-state index contributed by atoms with van der Waals surface area (Å²) >= 11 is 0. The molecule has 4 N–H and O–H groups in total. The van der Waals surface area contributed by atoms with Gasteiger partial charge in [0.25, 0.3) is 11.5 Å². The lowest BCUT2D eigenvalue weighted by atomic mass is 9.98. The molecule has 5 nitrogen and oxygen atoms in total. The van der Waals surface area contributed by atoms with Crippen LogP contribution in [0.15, 0.2) is 10.9 Å². The second kappa shape index (κ2) is 4.16. The number of carbonyl (C=O) groups is 1. The van der Waals surface area contributed by atoms with E-state index in [1.165, 1.54) is 0 Å². The van der Waals surface area contributed by atoms with E-state index in [9.17, 15) is 9.59 Å². The van der Waals surface area contributed by atoms with E-state index in [0.29, 0.717) is 6.04 Å². The third-order valence-corrected chi connectivity index (χ3v) is 3.49. The number of aromatic nitrogens is 1. The molecule has 2 atom stereocenters. The lowest BCUT2D eigenvalue weighted by Gasteiger charge is -2.24. The number of hydrogen-bond donors (Lipinski definition) is 3. The van der Waals surface area contributed by atoms with Crippen molar-refractivity contribution in [2.45, 2.75) is 31.3 Å². The van der Waals surface area contributed by atoms with Gasteiger partial charge in [0.05, 0.1) is 0 Å². The van der Waals surface area contributed by atoms with Gasteiger partial charge in [-0.15, -0.1) is 12.4 Å². The highest BCUT2D eigenvalue weighted by Gasteiger charge is 2.33. The maximum Gasteiger partial charge on any atom is 0.261 e. The van der Waals surface area contributed by atoms with Crippen molar-refractivity contribution in [2.24, 2.45) is 5.73 Å². The lowest BCUT2D eigenvalue weighted by Crippen LogP contribution is -2.35. The number of pyridine rings is 1. The second-order valence-electron chi connectivity index (χ2n) is 4.51. The number of carbonyl (C=O) groups excluding carboxylic acids is 1. The highest BCUT2D eigenvalue weighted by Crippen LogP contribution is 2.34. The number of H-pyrrole nitrogens is 1. The molecule has 0 radical (unpaired) electrons. The van der Waals surface area contributed by atoms with E-state index < -0.39 is 5.91 Å². The Morgan fingerprint density at radius 3 is 2.88 bits per heavy atom. The summed E-state index contributed by atoms with van der Waals surface area (Å²) in [7, 11) is 0. The summed E-state index contributed by atoms with van der Waals surface area (Å²) in [6, 6.07) is 2.38. The van der Waals surface area contributed by atoms with E-state index >= 15 is 0 Å². The molecule has 0 aromatic carbocycles. The molecule has 1 amide bonds. The molecular weight excluding hydrogens is 242 g/mol. The zero-order valence-corrected chi connectivity index (χ0v) is 9.97. The van der Waals surface area contributed by atoms with Crippen LogP contribution in [0, 0.1) is 0 Å². The van der Waals surface area contributed by atoms with Crippen LogP contribution in [0.5, 0.6) is 0 Å². The molecule has 2 bridgehead atoms. The first-order valence-electron chi connectivity index (χ1n) is 5.47. The molecule has 6 heteroatoms. The normalized spacial score (nSPS) is 24.9. The fraction of sp³-hybridized carbons (Fsp3) is 0.455. The number of hydrogen-bond acceptors (Lipinski definition) is 3. The van der Waals surface area contributed by atoms with Crippen LogP contribution in [-0.4, -0.2) is 16.9 Å². The number of nitrogens with one attached hydrogen (secondary N) is 2. The second-order valence-corrected chi connectivity index (χ2v) is 4.51. The predicted molar refractivity (Wildman–Crippen MR) is 65.4 cm³/mol. The van der Waals surface area contributed by atoms with Crippen molar-refractivity contribution in [1.29, 1.82) is 0 Å². The molecular formula is C11H14ClN3O2. The molecule has 3 rings (SSSR count). The number of fused-ring (bicyclic) bond motifs is 4. The van der Waals surface area contributed by atoms with Crippen molar-refractivity contribution in [2.75, 3.05) is 0 Å². The van der Waals surface area contributed by atoms with Gasteiger partial charge >= 0.3 is 0 Å². The molecule has 3 heterocycles. The van der Waals surface area contributed by atoms with E-state index in [4.69, 9.17) is 5.73 Å². The number of nitrogens with two attached hydrogens (primary N) is 1. The van der Waals surface area contributed by atoms with E-state index in [1.54, 1.807) is 6.07 Å². The Hall–Kier alpha value is -1.33. The van der Waals surface area contributed by atoms with Crippen molar-refractivity contribution >= 4 is 18.3 Å². The Kier molecular flexibility index (Phi) is 2.97. The van der Waals surface area contributed by atoms with Gasteiger partial charge in [0.2, 0.25) is 0 Å². The SMILES string of the molecule is Cl.NC(=O)c1cc2c([nH]c1=O)CC1CCC2N1. The molecule has 0 aliphatic carbocycles. The quantitative estimate of drug-likeness (QED) is 0.672. The van der Waals surface area contributed by atoms with Crippen LogP contribution in [0.4, 0.5) is 0 Å². The van der Waals surface area contributed by atoms with Gasteiger partial charge in [-0.2, -0.15) is 0 Å². The topological polar surface area (TPSA) is 88.0 Å². The minimum Gasteiger partial charge on any atom is -0.365 e. The van der Waals surface area contributed by atoms with Gasteiger partial charge in [-0.05, 0) is 24.5 Å². The van der Waals surface area contributed by atoms with Gasteiger partial charge < -0.3 is 16.0 Å². The standard InChI is InChI=1S/C11H13N3O2.ClH/c12-10(15)7-4-6-8-2-1-5(13-8)3-9(6)14-11(7)16;/h4-5,8,13H,1-3H2,(H2,12,15)(H,14,16);1H. The van der Waals surface area contributed by atoms with Gasteiger partial charge in [-0.1, -0.05) is 0 Å². The maximum atomic E-state index is 11.6. The molecule has 1 saturated heterocycles. The molecule has 2 aliphatic rings. The number of aromatic amines is 1. The molecule has 2 unspecified atom stereocenters. The number of amides is 1. The molecule has 0 saturated carbocycles. The first-order chi connectivity index (χ1) is 7.65. The zero-order valence-electron chi connectivity index (χ0n) is 9.16. The fourth-order valence-electron chi connectivity index (χ4n) is 2.72. The summed E-state index contributed by atoms with van der Waals surface area (Å²) in [6.45, 7) is 0. The molecule has 1 fully saturated rings. The van der Waals surface area contributed by atoms with Crippen LogP contribution in [0.2, 0.25) is 0 Å². The monoisotopic (exact) mass is 255 g/mol. The third kappa shape index (κ3) is 1.85. The Bertz CT molecular complexity index is 526. The van der Waals surface area contributed by atoms with E-state index in [2.05, 4.69) is 10.3 Å². The van der Waals surface area contributed by atoms with Crippen molar-refractivity contribution in [3.8, 4) is 0 Å². The van der Waals surface area contributed by atoms with Crippen LogP contribution in [0.1, 0.15) is 40.5 Å². The average molecular weight is 256 g/mol. The van der Waals surface area contributed by atoms with Gasteiger partial charge in [-0.3, -0.25) is 9.59 Å². The number of primary amides is 1. The predicted octanol–water partition coefficient (Wildman–Crippen LogP) is 0.245. The average Bonchev–Trinajstić information content (AvgIpc) is 2.60. The molecule has 2 aliphatic heterocycles. The van der Waals surface area contributed by atoms with Gasteiger partial charge in [0.15, 0.2) is 0 Å². The molecule has 92 valence electrons. The first kappa shape index (κ1) is 12.1. The van der Waals surface area contributed by atoms with Gasteiger partial charge in [0.1, 0.15) is 5.56 Å². The summed E-state index contributed by atoms with van der Waals surface area (Å²) < 4.78 is 0. The Morgan fingerprint density at radius 2 is 2.18 bits per heavy atom.